The van der Waals surface area contributed by atoms with Gasteiger partial charge in [-0.2, -0.15) is 5.10 Å². The van der Waals surface area contributed by atoms with Crippen LogP contribution in [0.3, 0.4) is 0 Å². The van der Waals surface area contributed by atoms with E-state index in [1.807, 2.05) is 29.1 Å². The Morgan fingerprint density at radius 2 is 2.03 bits per heavy atom. The minimum atomic E-state index is -0.357. The smallest absolute Gasteiger partial charge is 0.270 e. The van der Waals surface area contributed by atoms with Crippen molar-refractivity contribution in [2.24, 2.45) is 0 Å². The first-order valence-corrected chi connectivity index (χ1v) is 10.7. The number of aryl methyl sites for hydroxylation is 1. The zero-order valence-corrected chi connectivity index (χ0v) is 17.9. The molecule has 0 aliphatic carbocycles. The molecule has 1 aliphatic heterocycles. The van der Waals surface area contributed by atoms with Crippen LogP contribution in [0.25, 0.3) is 22.0 Å². The molecule has 7 nitrogen and oxygen atoms in total. The molecule has 0 N–H and O–H groups in total. The summed E-state index contributed by atoms with van der Waals surface area (Å²) < 4.78 is 8.08. The summed E-state index contributed by atoms with van der Waals surface area (Å²) in [4.78, 5) is 15.5. The summed E-state index contributed by atoms with van der Waals surface area (Å²) in [5, 5.41) is 17.0. The fourth-order valence-electron chi connectivity index (χ4n) is 4.42. The molecule has 3 heterocycles. The highest BCUT2D eigenvalue weighted by molar-refractivity contribution is 6.02. The lowest BCUT2D eigenvalue weighted by Crippen LogP contribution is -2.00. The molecule has 0 saturated heterocycles. The number of allylic oxidation sites excluding steroid dienone is 1. The second-order valence-electron chi connectivity index (χ2n) is 7.69. The van der Waals surface area contributed by atoms with Gasteiger partial charge in [0.25, 0.3) is 5.69 Å². The number of pyridine rings is 1. The molecule has 0 atom stereocenters. The Kier molecular flexibility index (Phi) is 4.93. The third-order valence-corrected chi connectivity index (χ3v) is 5.90. The predicted molar refractivity (Wildman–Crippen MR) is 123 cm³/mol. The Morgan fingerprint density at radius 3 is 2.81 bits per heavy atom. The number of ether oxygens (including phenoxy) is 1. The van der Waals surface area contributed by atoms with E-state index in [1.165, 1.54) is 6.07 Å². The predicted octanol–water partition coefficient (Wildman–Crippen LogP) is 5.62. The van der Waals surface area contributed by atoms with Crippen LogP contribution in [-0.4, -0.2) is 19.7 Å². The molecule has 0 spiro atoms. The molecule has 160 valence electrons. The van der Waals surface area contributed by atoms with Crippen molar-refractivity contribution in [2.45, 2.75) is 33.4 Å². The van der Waals surface area contributed by atoms with Crippen LogP contribution in [0.1, 0.15) is 42.5 Å². The molecule has 0 radical (unpaired) electrons. The van der Waals surface area contributed by atoms with Gasteiger partial charge < -0.3 is 4.74 Å². The maximum absolute atomic E-state index is 11.4. The Balaban J connectivity index is 1.85. The highest BCUT2D eigenvalue weighted by Crippen LogP contribution is 2.42. The minimum absolute atomic E-state index is 0.0743. The first kappa shape index (κ1) is 19.9. The molecule has 4 aromatic rings. The Bertz CT molecular complexity index is 1390. The van der Waals surface area contributed by atoms with E-state index in [-0.39, 0.29) is 10.6 Å². The second kappa shape index (κ2) is 7.92. The summed E-state index contributed by atoms with van der Waals surface area (Å²) >= 11 is 0. The fourth-order valence-corrected chi connectivity index (χ4v) is 4.42. The lowest BCUT2D eigenvalue weighted by atomic mass is 9.86. The SMILES string of the molecule is CCC(=C1c2cc3cnn(CC)c3cc2COc2ncccc21)c1cccc([N+](=O)[O-])c1. The summed E-state index contributed by atoms with van der Waals surface area (Å²) in [6, 6.07) is 15.0. The highest BCUT2D eigenvalue weighted by atomic mass is 16.6. The molecule has 1 aliphatic rings. The van der Waals surface area contributed by atoms with Crippen LogP contribution in [0.2, 0.25) is 0 Å². The van der Waals surface area contributed by atoms with Gasteiger partial charge in [-0.3, -0.25) is 14.8 Å². The number of hydrogen-bond acceptors (Lipinski definition) is 5. The van der Waals surface area contributed by atoms with Gasteiger partial charge in [0.15, 0.2) is 0 Å². The van der Waals surface area contributed by atoms with E-state index in [4.69, 9.17) is 4.74 Å². The van der Waals surface area contributed by atoms with Crippen molar-refractivity contribution < 1.29 is 9.66 Å². The number of nitrogens with zero attached hydrogens (tertiary/aromatic N) is 4. The number of aromatic nitrogens is 3. The summed E-state index contributed by atoms with van der Waals surface area (Å²) in [6.07, 6.45) is 4.29. The van der Waals surface area contributed by atoms with Crippen molar-refractivity contribution in [1.29, 1.82) is 0 Å². The number of rotatable bonds is 4. The molecule has 2 aromatic heterocycles. The fraction of sp³-hybridized carbons (Fsp3) is 0.200. The molecule has 0 amide bonds. The van der Waals surface area contributed by atoms with E-state index in [9.17, 15) is 10.1 Å². The monoisotopic (exact) mass is 426 g/mol. The largest absolute Gasteiger partial charge is 0.472 e. The second-order valence-corrected chi connectivity index (χ2v) is 7.69. The van der Waals surface area contributed by atoms with Crippen LogP contribution >= 0.6 is 0 Å². The van der Waals surface area contributed by atoms with Gasteiger partial charge in [0.1, 0.15) is 6.61 Å². The van der Waals surface area contributed by atoms with Crippen LogP contribution < -0.4 is 4.74 Å². The van der Waals surface area contributed by atoms with Crippen LogP contribution in [0, 0.1) is 10.1 Å². The quantitative estimate of drug-likeness (QED) is 0.312. The maximum atomic E-state index is 11.4. The van der Waals surface area contributed by atoms with Crippen molar-refractivity contribution in [2.75, 3.05) is 0 Å². The first-order chi connectivity index (χ1) is 15.6. The van der Waals surface area contributed by atoms with E-state index in [0.717, 1.165) is 50.8 Å². The average molecular weight is 426 g/mol. The van der Waals surface area contributed by atoms with E-state index < -0.39 is 0 Å². The van der Waals surface area contributed by atoms with Gasteiger partial charge in [-0.1, -0.05) is 19.1 Å². The van der Waals surface area contributed by atoms with Gasteiger partial charge in [-0.15, -0.1) is 0 Å². The molecule has 0 fully saturated rings. The standard InChI is InChI=1S/C25H22N4O3/c1-3-20(16-7-5-8-19(11-16)29(30)31)24-21-9-6-10-26-25(21)32-15-18-13-23-17(12-22(18)24)14-27-28(23)4-2/h5-14H,3-4,15H2,1-2H3. The molecule has 7 heteroatoms. The number of non-ortho nitro benzene ring substituents is 1. The Morgan fingerprint density at radius 1 is 1.16 bits per heavy atom. The third kappa shape index (κ3) is 3.22. The van der Waals surface area contributed by atoms with Crippen molar-refractivity contribution in [3.8, 4) is 5.88 Å². The van der Waals surface area contributed by atoms with Gasteiger partial charge in [0.2, 0.25) is 5.88 Å². The molecule has 0 saturated carbocycles. The third-order valence-electron chi connectivity index (χ3n) is 5.90. The van der Waals surface area contributed by atoms with Crippen molar-refractivity contribution in [1.82, 2.24) is 14.8 Å². The van der Waals surface area contributed by atoms with Gasteiger partial charge >= 0.3 is 0 Å². The van der Waals surface area contributed by atoms with E-state index in [2.05, 4.69) is 36.1 Å². The lowest BCUT2D eigenvalue weighted by molar-refractivity contribution is -0.384. The molecule has 0 bridgehead atoms. The molecule has 2 aromatic carbocycles. The topological polar surface area (TPSA) is 83.1 Å². The first-order valence-electron chi connectivity index (χ1n) is 10.7. The molecular formula is C25H22N4O3. The van der Waals surface area contributed by atoms with Gasteiger partial charge in [-0.25, -0.2) is 4.98 Å². The van der Waals surface area contributed by atoms with E-state index in [0.29, 0.717) is 18.9 Å². The number of fused-ring (bicyclic) bond motifs is 3. The lowest BCUT2D eigenvalue weighted by Gasteiger charge is -2.17. The average Bonchev–Trinajstić information content (AvgIpc) is 3.15. The van der Waals surface area contributed by atoms with Gasteiger partial charge in [-0.05, 0) is 65.4 Å². The zero-order chi connectivity index (χ0) is 22.2. The van der Waals surface area contributed by atoms with Crippen LogP contribution in [0.4, 0.5) is 5.69 Å². The molecule has 5 rings (SSSR count). The summed E-state index contributed by atoms with van der Waals surface area (Å²) in [6.45, 7) is 5.30. The van der Waals surface area contributed by atoms with Crippen molar-refractivity contribution in [3.05, 3.63) is 93.3 Å². The van der Waals surface area contributed by atoms with Crippen molar-refractivity contribution in [3.63, 3.8) is 0 Å². The van der Waals surface area contributed by atoms with E-state index >= 15 is 0 Å². The summed E-state index contributed by atoms with van der Waals surface area (Å²) in [5.41, 5.74) is 6.93. The van der Waals surface area contributed by atoms with Gasteiger partial charge in [0, 0.05) is 35.8 Å². The van der Waals surface area contributed by atoms with Crippen LogP contribution in [0.5, 0.6) is 5.88 Å². The maximum Gasteiger partial charge on any atom is 0.270 e. The Hall–Kier alpha value is -4.00. The summed E-state index contributed by atoms with van der Waals surface area (Å²) in [5.74, 6) is 0.566. The molecular weight excluding hydrogens is 404 g/mol. The van der Waals surface area contributed by atoms with Gasteiger partial charge in [0.05, 0.1) is 16.6 Å². The Labute approximate surface area is 185 Å². The van der Waals surface area contributed by atoms with Crippen LogP contribution in [0.15, 0.2) is 60.9 Å². The number of benzene rings is 2. The zero-order valence-electron chi connectivity index (χ0n) is 17.9. The van der Waals surface area contributed by atoms with Crippen molar-refractivity contribution >= 4 is 27.7 Å². The van der Waals surface area contributed by atoms with Crippen LogP contribution in [-0.2, 0) is 13.2 Å². The number of hydrogen-bond donors (Lipinski definition) is 0. The number of nitro benzene ring substituents is 1. The molecule has 0 unspecified atom stereocenters. The normalized spacial score (nSPS) is 14.3. The highest BCUT2D eigenvalue weighted by Gasteiger charge is 2.25. The summed E-state index contributed by atoms with van der Waals surface area (Å²) in [7, 11) is 0. The van der Waals surface area contributed by atoms with E-state index in [1.54, 1.807) is 18.3 Å². The molecule has 32 heavy (non-hydrogen) atoms. The minimum Gasteiger partial charge on any atom is -0.472 e. The number of nitro groups is 1.